The molecule has 3 heteroatoms. The Kier molecular flexibility index (Phi) is 3.02. The molecule has 0 amide bonds. The van der Waals surface area contributed by atoms with Crippen LogP contribution in [-0.4, -0.2) is 10.4 Å². The average molecular weight is 219 g/mol. The fourth-order valence-corrected chi connectivity index (χ4v) is 1.18. The molecule has 1 N–H and O–H groups in total. The summed E-state index contributed by atoms with van der Waals surface area (Å²) in [7, 11) is 0. The first-order chi connectivity index (χ1) is 5.25. The number of alkyl halides is 1. The fraction of sp³-hybridized carbons (Fsp3) is 0.250. The Morgan fingerprint density at radius 2 is 2.09 bits per heavy atom. The highest BCUT2D eigenvalue weighted by molar-refractivity contribution is 9.09. The van der Waals surface area contributed by atoms with Crippen molar-refractivity contribution in [3.63, 3.8) is 0 Å². The van der Waals surface area contributed by atoms with Gasteiger partial charge >= 0.3 is 0 Å². The standard InChI is InChI=1S/C8H8BrFO/c9-5-8(11)6-3-1-2-4-7(6)10/h1-4,8,11H,5H2/t8-/m0/s1. The molecule has 0 aliphatic rings. The van der Waals surface area contributed by atoms with Gasteiger partial charge < -0.3 is 5.11 Å². The smallest absolute Gasteiger partial charge is 0.129 e. The number of aliphatic hydroxyl groups excluding tert-OH is 1. The summed E-state index contributed by atoms with van der Waals surface area (Å²) in [5, 5.41) is 9.58. The van der Waals surface area contributed by atoms with E-state index in [2.05, 4.69) is 15.9 Å². The maximum absolute atomic E-state index is 12.8. The monoisotopic (exact) mass is 218 g/mol. The second-order valence-electron chi connectivity index (χ2n) is 2.19. The normalized spacial score (nSPS) is 13.0. The molecule has 0 radical (unpaired) electrons. The second-order valence-corrected chi connectivity index (χ2v) is 2.84. The summed E-state index contributed by atoms with van der Waals surface area (Å²) in [5.41, 5.74) is 0.337. The number of hydrogen-bond acceptors (Lipinski definition) is 1. The lowest BCUT2D eigenvalue weighted by molar-refractivity contribution is 0.200. The van der Waals surface area contributed by atoms with Gasteiger partial charge in [0.25, 0.3) is 0 Å². The summed E-state index contributed by atoms with van der Waals surface area (Å²) >= 11 is 3.07. The van der Waals surface area contributed by atoms with Crippen molar-refractivity contribution in [1.29, 1.82) is 0 Å². The number of hydrogen-bond donors (Lipinski definition) is 1. The van der Waals surface area contributed by atoms with Crippen molar-refractivity contribution >= 4 is 15.9 Å². The van der Waals surface area contributed by atoms with E-state index in [1.54, 1.807) is 18.2 Å². The molecular weight excluding hydrogens is 211 g/mol. The van der Waals surface area contributed by atoms with Crippen LogP contribution in [0.25, 0.3) is 0 Å². The van der Waals surface area contributed by atoms with Crippen molar-refractivity contribution in [3.8, 4) is 0 Å². The summed E-state index contributed by atoms with van der Waals surface area (Å²) in [6.07, 6.45) is -0.754. The Balaban J connectivity index is 2.93. The maximum Gasteiger partial charge on any atom is 0.129 e. The third kappa shape index (κ3) is 2.01. The van der Waals surface area contributed by atoms with Gasteiger partial charge in [0.1, 0.15) is 5.82 Å². The average Bonchev–Trinajstić information content (AvgIpc) is 2.04. The van der Waals surface area contributed by atoms with Gasteiger partial charge in [0.05, 0.1) is 6.10 Å². The Bertz CT molecular complexity index is 239. The molecule has 0 aliphatic carbocycles. The Morgan fingerprint density at radius 1 is 1.45 bits per heavy atom. The van der Waals surface area contributed by atoms with Crippen LogP contribution in [0.2, 0.25) is 0 Å². The first kappa shape index (κ1) is 8.68. The molecule has 11 heavy (non-hydrogen) atoms. The zero-order chi connectivity index (χ0) is 8.27. The quantitative estimate of drug-likeness (QED) is 0.756. The van der Waals surface area contributed by atoms with Crippen LogP contribution in [0.1, 0.15) is 11.7 Å². The number of halogens is 2. The lowest BCUT2D eigenvalue weighted by atomic mass is 10.1. The topological polar surface area (TPSA) is 20.2 Å². The molecular formula is C8H8BrFO. The van der Waals surface area contributed by atoms with E-state index in [1.807, 2.05) is 0 Å². The van der Waals surface area contributed by atoms with Crippen LogP contribution < -0.4 is 0 Å². The van der Waals surface area contributed by atoms with Gasteiger partial charge in [-0.2, -0.15) is 0 Å². The minimum atomic E-state index is -0.754. The van der Waals surface area contributed by atoms with Crippen LogP contribution in [0.4, 0.5) is 4.39 Å². The van der Waals surface area contributed by atoms with Crippen molar-refractivity contribution in [1.82, 2.24) is 0 Å². The predicted octanol–water partition coefficient (Wildman–Crippen LogP) is 2.25. The first-order valence-electron chi connectivity index (χ1n) is 3.24. The highest BCUT2D eigenvalue weighted by Crippen LogP contribution is 2.17. The van der Waals surface area contributed by atoms with Crippen molar-refractivity contribution in [3.05, 3.63) is 35.6 Å². The van der Waals surface area contributed by atoms with E-state index in [0.29, 0.717) is 10.9 Å². The molecule has 1 atom stereocenters. The molecule has 0 fully saturated rings. The van der Waals surface area contributed by atoms with Crippen LogP contribution in [0.3, 0.4) is 0 Å². The SMILES string of the molecule is O[C@@H](CBr)c1ccccc1F. The van der Waals surface area contributed by atoms with Gasteiger partial charge in [0.2, 0.25) is 0 Å². The molecule has 0 aliphatic heterocycles. The second kappa shape index (κ2) is 3.83. The highest BCUT2D eigenvalue weighted by Gasteiger charge is 2.09. The van der Waals surface area contributed by atoms with E-state index < -0.39 is 6.10 Å². The molecule has 60 valence electrons. The maximum atomic E-state index is 12.8. The largest absolute Gasteiger partial charge is 0.387 e. The van der Waals surface area contributed by atoms with Gasteiger partial charge in [-0.05, 0) is 6.07 Å². The summed E-state index contributed by atoms with van der Waals surface area (Å²) in [4.78, 5) is 0. The summed E-state index contributed by atoms with van der Waals surface area (Å²) in [6, 6.07) is 6.20. The van der Waals surface area contributed by atoms with E-state index >= 15 is 0 Å². The Hall–Kier alpha value is -0.410. The fourth-order valence-electron chi connectivity index (χ4n) is 0.828. The zero-order valence-electron chi connectivity index (χ0n) is 5.80. The summed E-state index contributed by atoms with van der Waals surface area (Å²) in [5.74, 6) is -0.362. The number of rotatable bonds is 2. The molecule has 1 aromatic carbocycles. The number of aliphatic hydroxyl groups is 1. The molecule has 1 nitrogen and oxygen atoms in total. The van der Waals surface area contributed by atoms with E-state index in [1.165, 1.54) is 6.07 Å². The van der Waals surface area contributed by atoms with Crippen molar-refractivity contribution in [2.75, 3.05) is 5.33 Å². The van der Waals surface area contributed by atoms with E-state index in [-0.39, 0.29) is 5.82 Å². The van der Waals surface area contributed by atoms with E-state index in [4.69, 9.17) is 0 Å². The zero-order valence-corrected chi connectivity index (χ0v) is 7.38. The van der Waals surface area contributed by atoms with Crippen molar-refractivity contribution in [2.45, 2.75) is 6.10 Å². The summed E-state index contributed by atoms with van der Waals surface area (Å²) < 4.78 is 12.8. The van der Waals surface area contributed by atoms with Crippen molar-refractivity contribution in [2.24, 2.45) is 0 Å². The van der Waals surface area contributed by atoms with Gasteiger partial charge in [-0.1, -0.05) is 34.1 Å². The van der Waals surface area contributed by atoms with Gasteiger partial charge in [-0.3, -0.25) is 0 Å². The van der Waals surface area contributed by atoms with Crippen molar-refractivity contribution < 1.29 is 9.50 Å². The molecule has 0 aromatic heterocycles. The minimum absolute atomic E-state index is 0.337. The molecule has 1 rings (SSSR count). The molecule has 0 saturated heterocycles. The van der Waals surface area contributed by atoms with Gasteiger partial charge in [0, 0.05) is 10.9 Å². The highest BCUT2D eigenvalue weighted by atomic mass is 79.9. The first-order valence-corrected chi connectivity index (χ1v) is 4.36. The lowest BCUT2D eigenvalue weighted by Crippen LogP contribution is -2.00. The summed E-state index contributed by atoms with van der Waals surface area (Å²) in [6.45, 7) is 0. The number of benzene rings is 1. The molecule has 0 bridgehead atoms. The minimum Gasteiger partial charge on any atom is -0.387 e. The Labute approximate surface area is 73.0 Å². The van der Waals surface area contributed by atoms with Crippen LogP contribution in [0.5, 0.6) is 0 Å². The van der Waals surface area contributed by atoms with Gasteiger partial charge in [-0.25, -0.2) is 4.39 Å². The van der Waals surface area contributed by atoms with Gasteiger partial charge in [0.15, 0.2) is 0 Å². The lowest BCUT2D eigenvalue weighted by Gasteiger charge is -2.06. The van der Waals surface area contributed by atoms with Crippen LogP contribution in [-0.2, 0) is 0 Å². The third-order valence-electron chi connectivity index (χ3n) is 1.41. The van der Waals surface area contributed by atoms with Crippen LogP contribution in [0, 0.1) is 5.82 Å². The molecule has 0 saturated carbocycles. The Morgan fingerprint density at radius 3 is 2.64 bits per heavy atom. The van der Waals surface area contributed by atoms with E-state index in [0.717, 1.165) is 0 Å². The van der Waals surface area contributed by atoms with E-state index in [9.17, 15) is 9.50 Å². The molecule has 0 unspecified atom stereocenters. The van der Waals surface area contributed by atoms with Crippen LogP contribution >= 0.6 is 15.9 Å². The molecule has 0 spiro atoms. The van der Waals surface area contributed by atoms with Crippen LogP contribution in [0.15, 0.2) is 24.3 Å². The molecule has 1 aromatic rings. The molecule has 0 heterocycles. The van der Waals surface area contributed by atoms with Gasteiger partial charge in [-0.15, -0.1) is 0 Å². The third-order valence-corrected chi connectivity index (χ3v) is 2.02. The predicted molar refractivity (Wildman–Crippen MR) is 45.2 cm³/mol.